The molecule has 0 saturated carbocycles. The van der Waals surface area contributed by atoms with Crippen LogP contribution >= 0.6 is 23.9 Å². The quantitative estimate of drug-likeness (QED) is 0.218. The number of benzene rings is 4. The first-order valence-corrected chi connectivity index (χ1v) is 12.5. The van der Waals surface area contributed by atoms with E-state index >= 15 is 0 Å². The third kappa shape index (κ3) is 6.52. The summed E-state index contributed by atoms with van der Waals surface area (Å²) in [6.45, 7) is 2.12. The highest BCUT2D eigenvalue weighted by Gasteiger charge is 2.14. The van der Waals surface area contributed by atoms with Gasteiger partial charge in [0.2, 0.25) is 0 Å². The fraction of sp³-hybridized carbons (Fsp3) is 0.0714. The molecule has 4 aromatic rings. The molecule has 0 aromatic heterocycles. The van der Waals surface area contributed by atoms with E-state index in [0.717, 1.165) is 5.33 Å². The molecule has 0 atom stereocenters. The topological polar surface area (TPSA) is 0 Å². The summed E-state index contributed by atoms with van der Waals surface area (Å²) in [4.78, 5) is 0. The van der Waals surface area contributed by atoms with Crippen molar-refractivity contribution in [2.24, 2.45) is 0 Å². The summed E-state index contributed by atoms with van der Waals surface area (Å²) in [7, 11) is -0.446. The molecule has 4 aromatic carbocycles. The molecule has 0 bridgehead atoms. The Hall–Kier alpha value is -2.47. The summed E-state index contributed by atoms with van der Waals surface area (Å²) in [6.07, 6.45) is 2.16. The normalized spacial score (nSPS) is 11.0. The van der Waals surface area contributed by atoms with E-state index in [-0.39, 0.29) is 0 Å². The van der Waals surface area contributed by atoms with Crippen molar-refractivity contribution in [3.8, 4) is 0 Å². The van der Waals surface area contributed by atoms with Gasteiger partial charge >= 0.3 is 0 Å². The highest BCUT2D eigenvalue weighted by Crippen LogP contribution is 2.32. The maximum Gasteiger partial charge on any atom is 0.0217 e. The molecule has 0 radical (unpaired) electrons. The maximum absolute atomic E-state index is 3.37. The summed E-state index contributed by atoms with van der Waals surface area (Å²) in [5.41, 5.74) is 2.62. The van der Waals surface area contributed by atoms with Gasteiger partial charge in [-0.05, 0) is 41.9 Å². The smallest absolute Gasteiger partial charge is 0.0217 e. The number of halogens is 1. The summed E-state index contributed by atoms with van der Waals surface area (Å²) >= 11 is 3.37. The van der Waals surface area contributed by atoms with Crippen molar-refractivity contribution in [2.75, 3.05) is 5.33 Å². The molecule has 2 heteroatoms. The Morgan fingerprint density at radius 3 is 1.27 bits per heavy atom. The van der Waals surface area contributed by atoms with Crippen LogP contribution in [0.5, 0.6) is 0 Å². The van der Waals surface area contributed by atoms with Gasteiger partial charge in [0.1, 0.15) is 0 Å². The lowest BCUT2D eigenvalue weighted by atomic mass is 10.1. The van der Waals surface area contributed by atoms with Crippen LogP contribution in [0.3, 0.4) is 0 Å². The van der Waals surface area contributed by atoms with Crippen molar-refractivity contribution in [1.29, 1.82) is 0 Å². The minimum absolute atomic E-state index is 0.446. The Balaban J connectivity index is 0.000000199. The van der Waals surface area contributed by atoms with Gasteiger partial charge in [0.05, 0.1) is 0 Å². The zero-order chi connectivity index (χ0) is 21.0. The molecule has 0 fully saturated rings. The van der Waals surface area contributed by atoms with Crippen molar-refractivity contribution in [1.82, 2.24) is 0 Å². The molecule has 150 valence electrons. The molecule has 0 saturated heterocycles. The minimum atomic E-state index is -0.446. The lowest BCUT2D eigenvalue weighted by Gasteiger charge is -2.18. The molecular weight excluding hydrogens is 447 g/mol. The highest BCUT2D eigenvalue weighted by molar-refractivity contribution is 9.09. The monoisotopic (exact) mass is 472 g/mol. The third-order valence-corrected chi connectivity index (χ3v) is 7.42. The lowest BCUT2D eigenvalue weighted by Crippen LogP contribution is -2.20. The van der Waals surface area contributed by atoms with Crippen LogP contribution in [0.15, 0.2) is 127 Å². The molecule has 0 aliphatic rings. The summed E-state index contributed by atoms with van der Waals surface area (Å²) in [6, 6.07) is 42.7. The van der Waals surface area contributed by atoms with Crippen molar-refractivity contribution in [3.63, 3.8) is 0 Å². The van der Waals surface area contributed by atoms with E-state index in [4.69, 9.17) is 0 Å². The largest absolute Gasteiger partial charge is 0.0883 e. The van der Waals surface area contributed by atoms with Crippen molar-refractivity contribution >= 4 is 45.3 Å². The van der Waals surface area contributed by atoms with Crippen LogP contribution in [-0.4, -0.2) is 5.33 Å². The highest BCUT2D eigenvalue weighted by atomic mass is 79.9. The van der Waals surface area contributed by atoms with Crippen molar-refractivity contribution in [3.05, 3.63) is 133 Å². The van der Waals surface area contributed by atoms with Crippen LogP contribution < -0.4 is 15.9 Å². The molecular formula is C28H26BrP. The van der Waals surface area contributed by atoms with E-state index in [1.165, 1.54) is 27.1 Å². The second-order valence-corrected chi connectivity index (χ2v) is 9.62. The number of rotatable bonds is 5. The van der Waals surface area contributed by atoms with Crippen molar-refractivity contribution < 1.29 is 0 Å². The molecule has 0 N–H and O–H groups in total. The van der Waals surface area contributed by atoms with E-state index in [0.29, 0.717) is 0 Å². The van der Waals surface area contributed by atoms with Crippen LogP contribution in [0.25, 0.3) is 5.57 Å². The molecule has 0 amide bonds. The second-order valence-electron chi connectivity index (χ2n) is 6.75. The molecule has 0 spiro atoms. The molecule has 30 heavy (non-hydrogen) atoms. The van der Waals surface area contributed by atoms with E-state index in [2.05, 4.69) is 144 Å². The Kier molecular flexibility index (Phi) is 9.09. The Labute approximate surface area is 190 Å². The first kappa shape index (κ1) is 22.2. The number of hydrogen-bond donors (Lipinski definition) is 0. The van der Waals surface area contributed by atoms with Gasteiger partial charge in [-0.25, -0.2) is 0 Å². The fourth-order valence-electron chi connectivity index (χ4n) is 3.11. The molecule has 4 rings (SSSR count). The van der Waals surface area contributed by atoms with E-state index in [1.807, 2.05) is 6.07 Å². The third-order valence-electron chi connectivity index (χ3n) is 4.66. The zero-order valence-electron chi connectivity index (χ0n) is 17.2. The predicted molar refractivity (Wildman–Crippen MR) is 139 cm³/mol. The van der Waals surface area contributed by atoms with E-state index in [9.17, 15) is 0 Å². The first-order valence-electron chi connectivity index (χ1n) is 10.0. The number of allylic oxidation sites excluding steroid dienone is 2. The van der Waals surface area contributed by atoms with Crippen LogP contribution in [-0.2, 0) is 0 Å². The Morgan fingerprint density at radius 1 is 0.600 bits per heavy atom. The molecule has 0 aliphatic carbocycles. The maximum atomic E-state index is 3.37. The number of hydrogen-bond acceptors (Lipinski definition) is 0. The van der Waals surface area contributed by atoms with Gasteiger partial charge in [-0.3, -0.25) is 0 Å². The average molecular weight is 473 g/mol. The second kappa shape index (κ2) is 12.3. The van der Waals surface area contributed by atoms with Gasteiger partial charge in [-0.2, -0.15) is 0 Å². The van der Waals surface area contributed by atoms with Gasteiger partial charge in [0, 0.05) is 5.33 Å². The van der Waals surface area contributed by atoms with E-state index < -0.39 is 7.92 Å². The fourth-order valence-corrected chi connectivity index (χ4v) is 5.90. The summed E-state index contributed by atoms with van der Waals surface area (Å²) < 4.78 is 0. The zero-order valence-corrected chi connectivity index (χ0v) is 19.6. The Morgan fingerprint density at radius 2 is 0.933 bits per heavy atom. The van der Waals surface area contributed by atoms with Crippen LogP contribution in [0.2, 0.25) is 0 Å². The average Bonchev–Trinajstić information content (AvgIpc) is 2.83. The summed E-state index contributed by atoms with van der Waals surface area (Å²) in [5, 5.41) is 5.12. The Bertz CT molecular complexity index is 919. The van der Waals surface area contributed by atoms with Gasteiger partial charge in [-0.1, -0.05) is 143 Å². The molecule has 0 nitrogen and oxygen atoms in total. The molecule has 0 aliphatic heterocycles. The van der Waals surface area contributed by atoms with Crippen LogP contribution in [0.4, 0.5) is 0 Å². The molecule has 0 heterocycles. The summed E-state index contributed by atoms with van der Waals surface area (Å²) in [5.74, 6) is 0. The minimum Gasteiger partial charge on any atom is -0.0883 e. The van der Waals surface area contributed by atoms with Crippen LogP contribution in [0, 0.1) is 0 Å². The van der Waals surface area contributed by atoms with Crippen molar-refractivity contribution in [2.45, 2.75) is 6.92 Å². The van der Waals surface area contributed by atoms with Gasteiger partial charge in [0.25, 0.3) is 0 Å². The lowest BCUT2D eigenvalue weighted by molar-refractivity contribution is 1.55. The predicted octanol–water partition coefficient (Wildman–Crippen LogP) is 6.93. The van der Waals surface area contributed by atoms with Crippen LogP contribution in [0.1, 0.15) is 12.5 Å². The van der Waals surface area contributed by atoms with Gasteiger partial charge in [-0.15, -0.1) is 0 Å². The first-order chi connectivity index (χ1) is 14.8. The standard InChI is InChI=1S/C18H15P.C10H11Br/c1-4-10-16(11-5-1)19(17-12-6-2-7-13-17)18-14-8-3-9-15-18;1-9(7-8-11)10-5-3-2-4-6-10/h1-15H;2-7H,8H2,1H3/b;9-7+. The van der Waals surface area contributed by atoms with Gasteiger partial charge < -0.3 is 0 Å². The SMILES string of the molecule is C/C(=C\CBr)c1ccccc1.c1ccc(P(c2ccccc2)c2ccccc2)cc1. The van der Waals surface area contributed by atoms with Gasteiger partial charge in [0.15, 0.2) is 0 Å². The molecule has 0 unspecified atom stereocenters. The number of alkyl halides is 1. The van der Waals surface area contributed by atoms with E-state index in [1.54, 1.807) is 0 Å².